The van der Waals surface area contributed by atoms with E-state index in [-0.39, 0.29) is 22.5 Å². The maximum absolute atomic E-state index is 13.4. The molecule has 7 heteroatoms. The molecule has 0 radical (unpaired) electrons. The molecule has 1 aromatic heterocycles. The Balaban J connectivity index is 1.58. The quantitative estimate of drug-likeness (QED) is 0.896. The molecular formula is C19H19ClFN3O2. The van der Waals surface area contributed by atoms with E-state index in [2.05, 4.69) is 10.2 Å². The van der Waals surface area contributed by atoms with Gasteiger partial charge in [-0.05, 0) is 56.1 Å². The summed E-state index contributed by atoms with van der Waals surface area (Å²) in [7, 11) is 0. The number of halogens is 2. The van der Waals surface area contributed by atoms with Gasteiger partial charge in [-0.3, -0.25) is 14.2 Å². The van der Waals surface area contributed by atoms with Gasteiger partial charge in [0.05, 0.1) is 16.3 Å². The van der Waals surface area contributed by atoms with Gasteiger partial charge in [0, 0.05) is 24.8 Å². The van der Waals surface area contributed by atoms with Crippen LogP contribution >= 0.6 is 11.6 Å². The van der Waals surface area contributed by atoms with Crippen LogP contribution in [-0.2, 0) is 0 Å². The fraction of sp³-hybridized carbons (Fsp3) is 0.368. The third-order valence-corrected chi connectivity index (χ3v) is 5.62. The fourth-order valence-electron chi connectivity index (χ4n) is 3.84. The van der Waals surface area contributed by atoms with E-state index in [1.54, 1.807) is 0 Å². The van der Waals surface area contributed by atoms with Gasteiger partial charge in [-0.1, -0.05) is 11.6 Å². The minimum atomic E-state index is -0.556. The number of fused-ring (bicyclic) bond motifs is 3. The number of carbonyl (C=O) groups is 1. The highest BCUT2D eigenvalue weighted by molar-refractivity contribution is 6.30. The van der Waals surface area contributed by atoms with Gasteiger partial charge < -0.3 is 10.2 Å². The van der Waals surface area contributed by atoms with Crippen LogP contribution < -0.4 is 10.9 Å². The summed E-state index contributed by atoms with van der Waals surface area (Å²) < 4.78 is 14.7. The molecule has 3 aliphatic rings. The van der Waals surface area contributed by atoms with Crippen molar-refractivity contribution in [1.82, 2.24) is 14.8 Å². The number of pyridine rings is 1. The number of aromatic nitrogens is 1. The van der Waals surface area contributed by atoms with Crippen LogP contribution in [0, 0.1) is 11.7 Å². The van der Waals surface area contributed by atoms with Gasteiger partial charge in [-0.2, -0.15) is 0 Å². The van der Waals surface area contributed by atoms with E-state index in [0.29, 0.717) is 17.2 Å². The van der Waals surface area contributed by atoms with Crippen molar-refractivity contribution in [2.75, 3.05) is 19.6 Å². The molecule has 5 nitrogen and oxygen atoms in total. The lowest BCUT2D eigenvalue weighted by Gasteiger charge is -2.44. The van der Waals surface area contributed by atoms with Crippen molar-refractivity contribution in [2.24, 2.45) is 5.92 Å². The molecule has 3 aliphatic heterocycles. The number of hydrogen-bond donors (Lipinski definition) is 1. The van der Waals surface area contributed by atoms with Crippen molar-refractivity contribution in [3.8, 4) is 5.69 Å². The zero-order valence-electron chi connectivity index (χ0n) is 14.1. The Bertz CT molecular complexity index is 906. The first-order valence-corrected chi connectivity index (χ1v) is 9.10. The minimum Gasteiger partial charge on any atom is -0.348 e. The van der Waals surface area contributed by atoms with Crippen LogP contribution in [0.25, 0.3) is 5.69 Å². The SMILES string of the molecule is O=C(NC1CN2CCC1CC2)c1ccc(=O)n(-c2ccc(F)c(Cl)c2)c1. The molecule has 3 fully saturated rings. The van der Waals surface area contributed by atoms with Crippen LogP contribution in [0.3, 0.4) is 0 Å². The second-order valence-electron chi connectivity index (χ2n) is 6.94. The first-order valence-electron chi connectivity index (χ1n) is 8.72. The molecule has 26 heavy (non-hydrogen) atoms. The van der Waals surface area contributed by atoms with Crippen LogP contribution in [0.5, 0.6) is 0 Å². The van der Waals surface area contributed by atoms with Crippen molar-refractivity contribution >= 4 is 17.5 Å². The van der Waals surface area contributed by atoms with Gasteiger partial charge in [0.1, 0.15) is 5.82 Å². The molecule has 2 aromatic rings. The first-order chi connectivity index (χ1) is 12.5. The Morgan fingerprint density at radius 3 is 2.62 bits per heavy atom. The van der Waals surface area contributed by atoms with E-state index < -0.39 is 5.82 Å². The third-order valence-electron chi connectivity index (χ3n) is 5.33. The van der Waals surface area contributed by atoms with Crippen LogP contribution in [-0.4, -0.2) is 41.1 Å². The molecule has 0 aliphatic carbocycles. The molecule has 3 saturated heterocycles. The third kappa shape index (κ3) is 3.27. The Hall–Kier alpha value is -2.18. The molecule has 0 spiro atoms. The maximum atomic E-state index is 13.4. The van der Waals surface area contributed by atoms with Gasteiger partial charge in [0.15, 0.2) is 0 Å². The Morgan fingerprint density at radius 1 is 1.19 bits per heavy atom. The monoisotopic (exact) mass is 375 g/mol. The van der Waals surface area contributed by atoms with Crippen molar-refractivity contribution in [3.05, 3.63) is 63.3 Å². The standard InChI is InChI=1S/C19H19ClFN3O2/c20-15-9-14(2-3-16(15)21)24-10-13(1-4-18(24)25)19(26)22-17-11-23-7-5-12(17)6-8-23/h1-4,9-10,12,17H,5-8,11H2,(H,22,26). The number of piperidine rings is 3. The van der Waals surface area contributed by atoms with E-state index in [1.807, 2.05) is 0 Å². The second-order valence-corrected chi connectivity index (χ2v) is 7.35. The zero-order valence-corrected chi connectivity index (χ0v) is 14.9. The predicted octanol–water partition coefficient (Wildman–Crippen LogP) is 2.45. The van der Waals surface area contributed by atoms with Crippen LogP contribution in [0.2, 0.25) is 5.02 Å². The summed E-state index contributed by atoms with van der Waals surface area (Å²) in [5, 5.41) is 3.03. The molecule has 136 valence electrons. The van der Waals surface area contributed by atoms with Crippen molar-refractivity contribution in [3.63, 3.8) is 0 Å². The summed E-state index contributed by atoms with van der Waals surface area (Å²) in [5.41, 5.74) is 0.493. The Morgan fingerprint density at radius 2 is 1.96 bits per heavy atom. The Kier molecular flexibility index (Phi) is 4.54. The van der Waals surface area contributed by atoms with Gasteiger partial charge in [0.2, 0.25) is 0 Å². The predicted molar refractivity (Wildman–Crippen MR) is 97.4 cm³/mol. The molecule has 0 saturated carbocycles. The van der Waals surface area contributed by atoms with E-state index >= 15 is 0 Å². The van der Waals surface area contributed by atoms with Gasteiger partial charge in [-0.25, -0.2) is 4.39 Å². The number of rotatable bonds is 3. The summed E-state index contributed by atoms with van der Waals surface area (Å²) in [6.07, 6.45) is 3.69. The largest absolute Gasteiger partial charge is 0.348 e. The van der Waals surface area contributed by atoms with E-state index in [4.69, 9.17) is 11.6 Å². The number of nitrogens with one attached hydrogen (secondary N) is 1. The van der Waals surface area contributed by atoms with E-state index in [9.17, 15) is 14.0 Å². The molecule has 4 heterocycles. The van der Waals surface area contributed by atoms with E-state index in [0.717, 1.165) is 32.5 Å². The van der Waals surface area contributed by atoms with Gasteiger partial charge in [0.25, 0.3) is 11.5 Å². The van der Waals surface area contributed by atoms with Crippen molar-refractivity contribution < 1.29 is 9.18 Å². The summed E-state index contributed by atoms with van der Waals surface area (Å²) in [5.74, 6) is -0.240. The highest BCUT2D eigenvalue weighted by atomic mass is 35.5. The number of hydrogen-bond acceptors (Lipinski definition) is 3. The van der Waals surface area contributed by atoms with Crippen molar-refractivity contribution in [1.29, 1.82) is 0 Å². The fourth-order valence-corrected chi connectivity index (χ4v) is 4.01. The van der Waals surface area contributed by atoms with Crippen molar-refractivity contribution in [2.45, 2.75) is 18.9 Å². The lowest BCUT2D eigenvalue weighted by molar-refractivity contribution is 0.0620. The second kappa shape index (κ2) is 6.85. The number of amides is 1. The normalized spacial score (nSPS) is 24.5. The van der Waals surface area contributed by atoms with Crippen LogP contribution in [0.1, 0.15) is 23.2 Å². The summed E-state index contributed by atoms with van der Waals surface area (Å²) >= 11 is 5.81. The molecule has 1 unspecified atom stereocenters. The molecule has 1 N–H and O–H groups in total. The number of nitrogens with zero attached hydrogens (tertiary/aromatic N) is 2. The van der Waals surface area contributed by atoms with Crippen LogP contribution in [0.15, 0.2) is 41.3 Å². The first kappa shape index (κ1) is 17.2. The van der Waals surface area contributed by atoms with Gasteiger partial charge in [-0.15, -0.1) is 0 Å². The number of carbonyl (C=O) groups excluding carboxylic acids is 1. The summed E-state index contributed by atoms with van der Waals surface area (Å²) in [6.45, 7) is 3.09. The minimum absolute atomic E-state index is 0.0727. The lowest BCUT2D eigenvalue weighted by Crippen LogP contribution is -2.57. The highest BCUT2D eigenvalue weighted by Crippen LogP contribution is 2.27. The average Bonchev–Trinajstić information content (AvgIpc) is 2.65. The molecule has 1 atom stereocenters. The summed E-state index contributed by atoms with van der Waals surface area (Å²) in [6, 6.07) is 7.02. The van der Waals surface area contributed by atoms with Gasteiger partial charge >= 0.3 is 0 Å². The number of benzene rings is 1. The Labute approximate surface area is 155 Å². The molecule has 2 bridgehead atoms. The lowest BCUT2D eigenvalue weighted by atomic mass is 9.84. The average molecular weight is 376 g/mol. The van der Waals surface area contributed by atoms with E-state index in [1.165, 1.54) is 41.1 Å². The zero-order chi connectivity index (χ0) is 18.3. The maximum Gasteiger partial charge on any atom is 0.255 e. The highest BCUT2D eigenvalue weighted by Gasteiger charge is 2.35. The smallest absolute Gasteiger partial charge is 0.255 e. The molecule has 5 rings (SSSR count). The van der Waals surface area contributed by atoms with Crippen LogP contribution in [0.4, 0.5) is 4.39 Å². The topological polar surface area (TPSA) is 54.3 Å². The summed E-state index contributed by atoms with van der Waals surface area (Å²) in [4.78, 5) is 27.2. The molecule has 1 aromatic carbocycles. The molecular weight excluding hydrogens is 357 g/mol. The molecule has 1 amide bonds.